The molecule has 0 aliphatic carbocycles. The average Bonchev–Trinajstić information content (AvgIpc) is 1.77. The zero-order chi connectivity index (χ0) is 5.98. The lowest BCUT2D eigenvalue weighted by molar-refractivity contribution is -0.908. The van der Waals surface area contributed by atoms with Gasteiger partial charge in [-0.2, -0.15) is 0 Å². The molecule has 2 heteroatoms. The van der Waals surface area contributed by atoms with Gasteiger partial charge in [0.25, 0.3) is 0 Å². The van der Waals surface area contributed by atoms with Crippen LogP contribution in [-0.4, -0.2) is 5.21 Å². The Hall–Kier alpha value is -1.05. The minimum absolute atomic E-state index is 0.840. The van der Waals surface area contributed by atoms with Gasteiger partial charge in [0.15, 0.2) is 0 Å². The van der Waals surface area contributed by atoms with Crippen molar-refractivity contribution >= 4 is 0 Å². The Morgan fingerprint density at radius 2 is 2.25 bits per heavy atom. The van der Waals surface area contributed by atoms with E-state index in [9.17, 15) is 0 Å². The van der Waals surface area contributed by atoms with Gasteiger partial charge in [-0.3, -0.25) is 5.21 Å². The van der Waals surface area contributed by atoms with E-state index in [4.69, 9.17) is 5.21 Å². The van der Waals surface area contributed by atoms with Crippen LogP contribution in [0.5, 0.6) is 0 Å². The summed E-state index contributed by atoms with van der Waals surface area (Å²) in [6, 6.07) is 5.48. The molecule has 0 unspecified atom stereocenters. The van der Waals surface area contributed by atoms with Gasteiger partial charge in [-0.1, -0.05) is 0 Å². The fraction of sp³-hybridized carbons (Fsp3) is 0.167. The van der Waals surface area contributed by atoms with Crippen molar-refractivity contribution in [3.8, 4) is 0 Å². The summed E-state index contributed by atoms with van der Waals surface area (Å²) >= 11 is 0. The van der Waals surface area contributed by atoms with Crippen molar-refractivity contribution in [1.29, 1.82) is 0 Å². The van der Waals surface area contributed by atoms with Crippen molar-refractivity contribution < 1.29 is 9.94 Å². The predicted octanol–water partition coefficient (Wildman–Crippen LogP) is 0.520. The summed E-state index contributed by atoms with van der Waals surface area (Å²) in [6.07, 6.45) is 1.59. The minimum Gasteiger partial charge on any atom is -0.285 e. The van der Waals surface area contributed by atoms with E-state index in [1.807, 2.05) is 19.1 Å². The van der Waals surface area contributed by atoms with Crippen LogP contribution in [0.1, 0.15) is 5.69 Å². The first-order valence-electron chi connectivity index (χ1n) is 2.47. The molecule has 0 spiro atoms. The van der Waals surface area contributed by atoms with Gasteiger partial charge in [-0.05, 0) is 6.07 Å². The summed E-state index contributed by atoms with van der Waals surface area (Å²) < 4.78 is 1.08. The van der Waals surface area contributed by atoms with Gasteiger partial charge in [-0.25, -0.2) is 0 Å². The molecular formula is C6H8NO+. The Balaban J connectivity index is 3.13. The van der Waals surface area contributed by atoms with Gasteiger partial charge in [0.2, 0.25) is 11.9 Å². The molecule has 0 fully saturated rings. The summed E-state index contributed by atoms with van der Waals surface area (Å²) in [7, 11) is 0. The number of aryl methyl sites for hydroxylation is 1. The molecule has 0 atom stereocenters. The first-order valence-corrected chi connectivity index (χ1v) is 2.47. The normalized spacial score (nSPS) is 9.12. The van der Waals surface area contributed by atoms with Crippen LogP contribution < -0.4 is 4.73 Å². The Labute approximate surface area is 48.0 Å². The summed E-state index contributed by atoms with van der Waals surface area (Å²) in [6.45, 7) is 1.83. The van der Waals surface area contributed by atoms with Crippen molar-refractivity contribution in [2.24, 2.45) is 0 Å². The lowest BCUT2D eigenvalue weighted by atomic mass is 10.4. The molecule has 0 amide bonds. The predicted molar refractivity (Wildman–Crippen MR) is 28.6 cm³/mol. The van der Waals surface area contributed by atoms with E-state index in [0.717, 1.165) is 10.4 Å². The van der Waals surface area contributed by atoms with Crippen LogP contribution >= 0.6 is 0 Å². The molecule has 1 N–H and O–H groups in total. The van der Waals surface area contributed by atoms with Crippen molar-refractivity contribution in [3.63, 3.8) is 0 Å². The van der Waals surface area contributed by atoms with E-state index < -0.39 is 0 Å². The SMILES string of the molecule is Cc1cccc[n+]1O. The molecule has 0 bridgehead atoms. The van der Waals surface area contributed by atoms with Crippen LogP contribution in [0.15, 0.2) is 24.4 Å². The van der Waals surface area contributed by atoms with Gasteiger partial charge in [0.05, 0.1) is 0 Å². The Morgan fingerprint density at radius 1 is 1.50 bits per heavy atom. The van der Waals surface area contributed by atoms with Crippen molar-refractivity contribution in [2.45, 2.75) is 6.92 Å². The molecule has 42 valence electrons. The number of rotatable bonds is 0. The van der Waals surface area contributed by atoms with E-state index in [-0.39, 0.29) is 0 Å². The standard InChI is InChI=1S/C6H8NO/c1-6-4-2-3-5-7(6)8/h2-5,8H,1H3/q+1. The van der Waals surface area contributed by atoms with Gasteiger partial charge >= 0.3 is 0 Å². The number of pyridine rings is 1. The monoisotopic (exact) mass is 110 g/mol. The number of nitrogens with zero attached hydrogens (tertiary/aromatic N) is 1. The fourth-order valence-corrected chi connectivity index (χ4v) is 0.520. The second kappa shape index (κ2) is 1.82. The van der Waals surface area contributed by atoms with E-state index in [1.165, 1.54) is 0 Å². The highest BCUT2D eigenvalue weighted by Crippen LogP contribution is 1.83. The van der Waals surface area contributed by atoms with Gasteiger partial charge in [0.1, 0.15) is 0 Å². The van der Waals surface area contributed by atoms with Gasteiger partial charge in [-0.15, -0.1) is 0 Å². The van der Waals surface area contributed by atoms with Crippen LogP contribution in [0, 0.1) is 6.92 Å². The highest BCUT2D eigenvalue weighted by Gasteiger charge is 1.96. The third kappa shape index (κ3) is 0.780. The molecule has 1 aromatic heterocycles. The quantitative estimate of drug-likeness (QED) is 0.382. The number of hydrogen-bond acceptors (Lipinski definition) is 1. The lowest BCUT2D eigenvalue weighted by Gasteiger charge is -1.83. The zero-order valence-electron chi connectivity index (χ0n) is 4.70. The van der Waals surface area contributed by atoms with E-state index in [1.54, 1.807) is 12.3 Å². The summed E-state index contributed by atoms with van der Waals surface area (Å²) in [5.41, 5.74) is 0.840. The molecule has 8 heavy (non-hydrogen) atoms. The summed E-state index contributed by atoms with van der Waals surface area (Å²) in [5.74, 6) is 0. The summed E-state index contributed by atoms with van der Waals surface area (Å²) in [5, 5.41) is 8.84. The van der Waals surface area contributed by atoms with Crippen molar-refractivity contribution in [3.05, 3.63) is 30.1 Å². The van der Waals surface area contributed by atoms with Crippen LogP contribution in [0.2, 0.25) is 0 Å². The maximum atomic E-state index is 8.84. The number of aromatic nitrogens is 1. The van der Waals surface area contributed by atoms with Crippen LogP contribution in [0.4, 0.5) is 0 Å². The highest BCUT2D eigenvalue weighted by atomic mass is 16.5. The molecule has 0 aliphatic heterocycles. The molecule has 0 saturated heterocycles. The fourth-order valence-electron chi connectivity index (χ4n) is 0.520. The zero-order valence-corrected chi connectivity index (χ0v) is 4.70. The smallest absolute Gasteiger partial charge is 0.231 e. The minimum atomic E-state index is 0.840. The third-order valence-electron chi connectivity index (χ3n) is 1.04. The van der Waals surface area contributed by atoms with E-state index in [2.05, 4.69) is 0 Å². The van der Waals surface area contributed by atoms with Gasteiger partial charge < -0.3 is 0 Å². The maximum Gasteiger partial charge on any atom is 0.231 e. The molecule has 2 nitrogen and oxygen atoms in total. The molecule has 0 aliphatic rings. The van der Waals surface area contributed by atoms with Crippen molar-refractivity contribution in [2.75, 3.05) is 0 Å². The second-order valence-electron chi connectivity index (χ2n) is 1.69. The molecule has 1 aromatic rings. The van der Waals surface area contributed by atoms with Crippen LogP contribution in [0.25, 0.3) is 0 Å². The van der Waals surface area contributed by atoms with Crippen LogP contribution in [-0.2, 0) is 0 Å². The van der Waals surface area contributed by atoms with E-state index >= 15 is 0 Å². The number of hydrogen-bond donors (Lipinski definition) is 1. The van der Waals surface area contributed by atoms with Crippen molar-refractivity contribution in [1.82, 2.24) is 0 Å². The highest BCUT2D eigenvalue weighted by molar-refractivity contribution is 4.93. The molecule has 0 saturated carbocycles. The molecule has 0 aromatic carbocycles. The molecule has 1 heterocycles. The first kappa shape index (κ1) is 5.09. The first-order chi connectivity index (χ1) is 3.80. The third-order valence-corrected chi connectivity index (χ3v) is 1.04. The second-order valence-corrected chi connectivity index (χ2v) is 1.69. The van der Waals surface area contributed by atoms with Crippen LogP contribution in [0.3, 0.4) is 0 Å². The van der Waals surface area contributed by atoms with Gasteiger partial charge in [0, 0.05) is 23.8 Å². The maximum absolute atomic E-state index is 8.84. The largest absolute Gasteiger partial charge is 0.285 e. The molecule has 0 radical (unpaired) electrons. The lowest BCUT2D eigenvalue weighted by Crippen LogP contribution is -2.32. The van der Waals surface area contributed by atoms with E-state index in [0.29, 0.717) is 0 Å². The molecule has 1 rings (SSSR count). The Kier molecular flexibility index (Phi) is 1.16. The Morgan fingerprint density at radius 3 is 2.62 bits per heavy atom. The average molecular weight is 110 g/mol. The summed E-state index contributed by atoms with van der Waals surface area (Å²) in [4.78, 5) is 0. The molecular weight excluding hydrogens is 102 g/mol. The topological polar surface area (TPSA) is 24.1 Å². The Bertz CT molecular complexity index is 165.